The van der Waals surface area contributed by atoms with Crippen molar-refractivity contribution < 1.29 is 14.7 Å². The van der Waals surface area contributed by atoms with E-state index in [1.807, 2.05) is 23.6 Å². The predicted octanol–water partition coefficient (Wildman–Crippen LogP) is -0.539. The Labute approximate surface area is 108 Å². The summed E-state index contributed by atoms with van der Waals surface area (Å²) in [4.78, 5) is 26.4. The zero-order valence-electron chi connectivity index (χ0n) is 11.2. The average molecular weight is 257 g/mol. The standard InChI is InChI=1S/C12H23N3O3/c1-3-13-8-10(2)12(18)15-6-4-14(5-7-15)9-11(16)17/h10,13H,3-9H2,1-2H3,(H,16,17). The maximum absolute atomic E-state index is 12.1. The second-order valence-electron chi connectivity index (χ2n) is 4.70. The van der Waals surface area contributed by atoms with Crippen LogP contribution >= 0.6 is 0 Å². The number of carboxylic acids is 1. The van der Waals surface area contributed by atoms with Crippen LogP contribution < -0.4 is 5.32 Å². The van der Waals surface area contributed by atoms with E-state index in [1.54, 1.807) is 0 Å². The molecule has 1 unspecified atom stereocenters. The lowest BCUT2D eigenvalue weighted by molar-refractivity contribution is -0.140. The molecule has 6 heteroatoms. The van der Waals surface area contributed by atoms with E-state index in [-0.39, 0.29) is 18.4 Å². The van der Waals surface area contributed by atoms with Crippen molar-refractivity contribution in [1.29, 1.82) is 0 Å². The van der Waals surface area contributed by atoms with Gasteiger partial charge in [-0.15, -0.1) is 0 Å². The fraction of sp³-hybridized carbons (Fsp3) is 0.833. The summed E-state index contributed by atoms with van der Waals surface area (Å²) in [6, 6.07) is 0. The number of hydrogen-bond donors (Lipinski definition) is 2. The van der Waals surface area contributed by atoms with Gasteiger partial charge < -0.3 is 15.3 Å². The first-order valence-corrected chi connectivity index (χ1v) is 6.48. The molecule has 0 saturated carbocycles. The van der Waals surface area contributed by atoms with Gasteiger partial charge in [0.1, 0.15) is 0 Å². The highest BCUT2D eigenvalue weighted by molar-refractivity contribution is 5.78. The van der Waals surface area contributed by atoms with Gasteiger partial charge in [-0.3, -0.25) is 14.5 Å². The van der Waals surface area contributed by atoms with Crippen molar-refractivity contribution >= 4 is 11.9 Å². The maximum Gasteiger partial charge on any atom is 0.317 e. The summed E-state index contributed by atoms with van der Waals surface area (Å²) in [5.74, 6) is -0.669. The topological polar surface area (TPSA) is 72.9 Å². The minimum Gasteiger partial charge on any atom is -0.480 e. The Balaban J connectivity index is 2.33. The first kappa shape index (κ1) is 14.9. The van der Waals surface area contributed by atoms with Gasteiger partial charge >= 0.3 is 5.97 Å². The molecule has 1 aliphatic rings. The SMILES string of the molecule is CCNCC(C)C(=O)N1CCN(CC(=O)O)CC1. The molecule has 1 atom stereocenters. The van der Waals surface area contributed by atoms with Crippen LogP contribution in [0.4, 0.5) is 0 Å². The first-order valence-electron chi connectivity index (χ1n) is 6.48. The van der Waals surface area contributed by atoms with Crippen LogP contribution in [0.5, 0.6) is 0 Å². The van der Waals surface area contributed by atoms with Gasteiger partial charge in [-0.05, 0) is 6.54 Å². The minimum absolute atomic E-state index is 0.0176. The molecule has 1 heterocycles. The zero-order valence-corrected chi connectivity index (χ0v) is 11.2. The number of nitrogens with one attached hydrogen (secondary N) is 1. The Morgan fingerprint density at radius 2 is 1.89 bits per heavy atom. The van der Waals surface area contributed by atoms with Crippen LogP contribution in [-0.2, 0) is 9.59 Å². The highest BCUT2D eigenvalue weighted by Crippen LogP contribution is 2.07. The number of aliphatic carboxylic acids is 1. The van der Waals surface area contributed by atoms with Crippen molar-refractivity contribution in [3.63, 3.8) is 0 Å². The van der Waals surface area contributed by atoms with Gasteiger partial charge in [0, 0.05) is 38.6 Å². The molecule has 18 heavy (non-hydrogen) atoms. The number of carboxylic acid groups (broad SMARTS) is 1. The highest BCUT2D eigenvalue weighted by atomic mass is 16.4. The second kappa shape index (κ2) is 7.33. The van der Waals surface area contributed by atoms with E-state index in [0.29, 0.717) is 32.7 Å². The Kier molecular flexibility index (Phi) is 6.07. The summed E-state index contributed by atoms with van der Waals surface area (Å²) >= 11 is 0. The number of hydrogen-bond acceptors (Lipinski definition) is 4. The lowest BCUT2D eigenvalue weighted by Gasteiger charge is -2.35. The van der Waals surface area contributed by atoms with Gasteiger partial charge in [-0.1, -0.05) is 13.8 Å². The third-order valence-electron chi connectivity index (χ3n) is 3.16. The molecule has 6 nitrogen and oxygen atoms in total. The Hall–Kier alpha value is -1.14. The lowest BCUT2D eigenvalue weighted by atomic mass is 10.1. The van der Waals surface area contributed by atoms with E-state index in [2.05, 4.69) is 5.32 Å². The van der Waals surface area contributed by atoms with Crippen LogP contribution in [0.1, 0.15) is 13.8 Å². The van der Waals surface area contributed by atoms with E-state index < -0.39 is 5.97 Å². The third kappa shape index (κ3) is 4.62. The molecular formula is C12H23N3O3. The van der Waals surface area contributed by atoms with Gasteiger partial charge in [0.2, 0.25) is 5.91 Å². The molecule has 0 bridgehead atoms. The van der Waals surface area contributed by atoms with E-state index in [4.69, 9.17) is 5.11 Å². The monoisotopic (exact) mass is 257 g/mol. The fourth-order valence-corrected chi connectivity index (χ4v) is 2.08. The average Bonchev–Trinajstić information content (AvgIpc) is 2.35. The molecule has 1 saturated heterocycles. The van der Waals surface area contributed by atoms with Crippen LogP contribution in [0.2, 0.25) is 0 Å². The summed E-state index contributed by atoms with van der Waals surface area (Å²) in [7, 11) is 0. The molecule has 0 aliphatic carbocycles. The molecule has 1 amide bonds. The van der Waals surface area contributed by atoms with Gasteiger partial charge in [-0.25, -0.2) is 0 Å². The molecule has 0 radical (unpaired) electrons. The van der Waals surface area contributed by atoms with Crippen LogP contribution in [0.25, 0.3) is 0 Å². The largest absolute Gasteiger partial charge is 0.480 e. The Morgan fingerprint density at radius 1 is 1.28 bits per heavy atom. The van der Waals surface area contributed by atoms with E-state index in [0.717, 1.165) is 6.54 Å². The van der Waals surface area contributed by atoms with Gasteiger partial charge in [0.05, 0.1) is 6.54 Å². The van der Waals surface area contributed by atoms with Crippen LogP contribution in [-0.4, -0.2) is 72.6 Å². The second-order valence-corrected chi connectivity index (χ2v) is 4.70. The zero-order chi connectivity index (χ0) is 13.5. The van der Waals surface area contributed by atoms with Crippen LogP contribution in [0.15, 0.2) is 0 Å². The van der Waals surface area contributed by atoms with Gasteiger partial charge in [0.25, 0.3) is 0 Å². The number of carbonyl (C=O) groups is 2. The van der Waals surface area contributed by atoms with Crippen molar-refractivity contribution in [3.8, 4) is 0 Å². The smallest absolute Gasteiger partial charge is 0.317 e. The number of nitrogens with zero attached hydrogens (tertiary/aromatic N) is 2. The predicted molar refractivity (Wildman–Crippen MR) is 68.4 cm³/mol. The molecule has 1 aliphatic heterocycles. The quantitative estimate of drug-likeness (QED) is 0.668. The lowest BCUT2D eigenvalue weighted by Crippen LogP contribution is -2.51. The Morgan fingerprint density at radius 3 is 2.39 bits per heavy atom. The molecule has 2 N–H and O–H groups in total. The summed E-state index contributed by atoms with van der Waals surface area (Å²) in [5, 5.41) is 11.9. The number of rotatable bonds is 6. The van der Waals surface area contributed by atoms with Gasteiger partial charge in [-0.2, -0.15) is 0 Å². The molecule has 0 aromatic heterocycles. The van der Waals surface area contributed by atoms with E-state index in [1.165, 1.54) is 0 Å². The van der Waals surface area contributed by atoms with Crippen molar-refractivity contribution in [2.45, 2.75) is 13.8 Å². The van der Waals surface area contributed by atoms with Crippen LogP contribution in [0.3, 0.4) is 0 Å². The first-order chi connectivity index (χ1) is 8.54. The van der Waals surface area contributed by atoms with Crippen molar-refractivity contribution in [2.24, 2.45) is 5.92 Å². The normalized spacial score (nSPS) is 18.7. The van der Waals surface area contributed by atoms with Crippen molar-refractivity contribution in [3.05, 3.63) is 0 Å². The summed E-state index contributed by atoms with van der Waals surface area (Å²) in [6.45, 7) is 8.11. The molecule has 1 fully saturated rings. The third-order valence-corrected chi connectivity index (χ3v) is 3.16. The number of amides is 1. The molecule has 0 aromatic carbocycles. The number of piperazine rings is 1. The van der Waals surface area contributed by atoms with Crippen molar-refractivity contribution in [2.75, 3.05) is 45.8 Å². The Bertz CT molecular complexity index is 288. The fourth-order valence-electron chi connectivity index (χ4n) is 2.08. The molecule has 0 spiro atoms. The van der Waals surface area contributed by atoms with Crippen LogP contribution in [0, 0.1) is 5.92 Å². The summed E-state index contributed by atoms with van der Waals surface area (Å²) in [5.41, 5.74) is 0. The maximum atomic E-state index is 12.1. The molecule has 104 valence electrons. The van der Waals surface area contributed by atoms with E-state index in [9.17, 15) is 9.59 Å². The molecule has 1 rings (SSSR count). The summed E-state index contributed by atoms with van der Waals surface area (Å²) < 4.78 is 0. The molecular weight excluding hydrogens is 234 g/mol. The number of carbonyl (C=O) groups excluding carboxylic acids is 1. The van der Waals surface area contributed by atoms with Gasteiger partial charge in [0.15, 0.2) is 0 Å². The molecule has 0 aromatic rings. The minimum atomic E-state index is -0.810. The highest BCUT2D eigenvalue weighted by Gasteiger charge is 2.25. The van der Waals surface area contributed by atoms with Crippen molar-refractivity contribution in [1.82, 2.24) is 15.1 Å². The van der Waals surface area contributed by atoms with E-state index >= 15 is 0 Å². The summed E-state index contributed by atoms with van der Waals surface area (Å²) in [6.07, 6.45) is 0.